The highest BCUT2D eigenvalue weighted by Crippen LogP contribution is 2.38. The largest absolute Gasteiger partial charge is 0.508 e. The molecule has 0 bridgehead atoms. The third kappa shape index (κ3) is 3.48. The Hall–Kier alpha value is -3.93. The van der Waals surface area contributed by atoms with E-state index in [1.807, 2.05) is 30.3 Å². The fourth-order valence-electron chi connectivity index (χ4n) is 3.49. The zero-order valence-electron chi connectivity index (χ0n) is 15.4. The second kappa shape index (κ2) is 7.59. The van der Waals surface area contributed by atoms with Crippen LogP contribution in [0, 0.1) is 0 Å². The molecule has 2 N–H and O–H groups in total. The monoisotopic (exact) mass is 386 g/mol. The lowest BCUT2D eigenvalue weighted by atomic mass is 9.97. The van der Waals surface area contributed by atoms with E-state index in [2.05, 4.69) is 5.10 Å². The van der Waals surface area contributed by atoms with E-state index in [0.717, 1.165) is 5.56 Å². The van der Waals surface area contributed by atoms with Gasteiger partial charge in [-0.15, -0.1) is 0 Å². The Labute approximate surface area is 167 Å². The highest BCUT2D eigenvalue weighted by atomic mass is 16.4. The third-order valence-electron chi connectivity index (χ3n) is 4.91. The van der Waals surface area contributed by atoms with Crippen LogP contribution in [-0.4, -0.2) is 32.8 Å². The van der Waals surface area contributed by atoms with Gasteiger partial charge in [0.15, 0.2) is 0 Å². The number of carbonyl (C=O) groups is 2. The van der Waals surface area contributed by atoms with Crippen LogP contribution in [0.2, 0.25) is 0 Å². The molecular weight excluding hydrogens is 368 g/mol. The Morgan fingerprint density at radius 1 is 0.862 bits per heavy atom. The van der Waals surface area contributed by atoms with Crippen LogP contribution in [0.1, 0.15) is 44.3 Å². The molecule has 1 amide bonds. The molecule has 0 spiro atoms. The number of phenols is 1. The molecule has 6 heteroatoms. The molecule has 3 aromatic carbocycles. The van der Waals surface area contributed by atoms with Crippen molar-refractivity contribution in [1.82, 2.24) is 5.01 Å². The van der Waals surface area contributed by atoms with Gasteiger partial charge < -0.3 is 10.2 Å². The van der Waals surface area contributed by atoms with Gasteiger partial charge >= 0.3 is 5.97 Å². The lowest BCUT2D eigenvalue weighted by Gasteiger charge is -2.23. The van der Waals surface area contributed by atoms with Crippen LogP contribution in [0.4, 0.5) is 0 Å². The molecule has 0 saturated carbocycles. The highest BCUT2D eigenvalue weighted by Gasteiger charge is 2.36. The number of hydrogen-bond acceptors (Lipinski definition) is 4. The van der Waals surface area contributed by atoms with E-state index < -0.39 is 17.9 Å². The fraction of sp³-hybridized carbons (Fsp3) is 0.0870. The SMILES string of the molecule is O=C(O)c1ccccc1C(=O)N1N=C(c2ccccc2)CC1c1ccccc1O. The summed E-state index contributed by atoms with van der Waals surface area (Å²) in [6, 6.07) is 21.8. The lowest BCUT2D eigenvalue weighted by Crippen LogP contribution is -2.28. The van der Waals surface area contributed by atoms with E-state index in [1.165, 1.54) is 17.1 Å². The van der Waals surface area contributed by atoms with Gasteiger partial charge in [0.2, 0.25) is 0 Å². The Kier molecular flexibility index (Phi) is 4.83. The number of carbonyl (C=O) groups excluding carboxylic acids is 1. The van der Waals surface area contributed by atoms with Crippen molar-refractivity contribution >= 4 is 17.6 Å². The number of carboxylic acids is 1. The number of nitrogens with zero attached hydrogens (tertiary/aromatic N) is 2. The zero-order chi connectivity index (χ0) is 20.4. The fourth-order valence-corrected chi connectivity index (χ4v) is 3.49. The molecule has 0 fully saturated rings. The molecule has 6 nitrogen and oxygen atoms in total. The Morgan fingerprint density at radius 3 is 2.17 bits per heavy atom. The third-order valence-corrected chi connectivity index (χ3v) is 4.91. The molecule has 0 saturated heterocycles. The summed E-state index contributed by atoms with van der Waals surface area (Å²) in [5.74, 6) is -1.65. The highest BCUT2D eigenvalue weighted by molar-refractivity contribution is 6.08. The Bertz CT molecular complexity index is 1110. The molecule has 1 unspecified atom stereocenters. The van der Waals surface area contributed by atoms with Crippen LogP contribution in [0.3, 0.4) is 0 Å². The van der Waals surface area contributed by atoms with Gasteiger partial charge in [0.05, 0.1) is 22.9 Å². The summed E-state index contributed by atoms with van der Waals surface area (Å²) < 4.78 is 0. The lowest BCUT2D eigenvalue weighted by molar-refractivity contribution is 0.0660. The van der Waals surface area contributed by atoms with Gasteiger partial charge in [-0.25, -0.2) is 9.80 Å². The van der Waals surface area contributed by atoms with Gasteiger partial charge in [-0.1, -0.05) is 60.7 Å². The predicted molar refractivity (Wildman–Crippen MR) is 108 cm³/mol. The van der Waals surface area contributed by atoms with Crippen molar-refractivity contribution in [2.24, 2.45) is 5.10 Å². The van der Waals surface area contributed by atoms with E-state index in [9.17, 15) is 19.8 Å². The maximum absolute atomic E-state index is 13.3. The van der Waals surface area contributed by atoms with Gasteiger partial charge in [-0.3, -0.25) is 4.79 Å². The molecule has 4 rings (SSSR count). The molecule has 0 aromatic heterocycles. The van der Waals surface area contributed by atoms with E-state index in [0.29, 0.717) is 17.7 Å². The minimum absolute atomic E-state index is 0.0542. The summed E-state index contributed by atoms with van der Waals surface area (Å²) in [6.07, 6.45) is 0.405. The zero-order valence-corrected chi connectivity index (χ0v) is 15.4. The van der Waals surface area contributed by atoms with Gasteiger partial charge in [0.25, 0.3) is 5.91 Å². The quantitative estimate of drug-likeness (QED) is 0.707. The van der Waals surface area contributed by atoms with E-state index >= 15 is 0 Å². The first kappa shape index (κ1) is 18.4. The average Bonchev–Trinajstić information content (AvgIpc) is 3.19. The first-order chi connectivity index (χ1) is 14.1. The molecule has 144 valence electrons. The number of phenolic OH excluding ortho intramolecular Hbond substituents is 1. The van der Waals surface area contributed by atoms with Crippen molar-refractivity contribution in [3.05, 3.63) is 101 Å². The number of aromatic carboxylic acids is 1. The summed E-state index contributed by atoms with van der Waals surface area (Å²) in [7, 11) is 0. The number of para-hydroxylation sites is 1. The summed E-state index contributed by atoms with van der Waals surface area (Å²) in [4.78, 5) is 24.9. The summed E-state index contributed by atoms with van der Waals surface area (Å²) in [5, 5.41) is 25.6. The van der Waals surface area contributed by atoms with Crippen molar-refractivity contribution in [2.45, 2.75) is 12.5 Å². The van der Waals surface area contributed by atoms with Gasteiger partial charge in [-0.05, 0) is 23.8 Å². The molecule has 1 aliphatic rings. The van der Waals surface area contributed by atoms with Crippen molar-refractivity contribution < 1.29 is 19.8 Å². The molecule has 0 radical (unpaired) electrons. The number of amides is 1. The number of aromatic hydroxyl groups is 1. The number of hydrogen-bond donors (Lipinski definition) is 2. The first-order valence-corrected chi connectivity index (χ1v) is 9.13. The minimum atomic E-state index is -1.18. The van der Waals surface area contributed by atoms with E-state index in [-0.39, 0.29) is 16.9 Å². The molecular formula is C23H18N2O4. The molecule has 1 aliphatic heterocycles. The number of carboxylic acid groups (broad SMARTS) is 1. The number of rotatable bonds is 4. The smallest absolute Gasteiger partial charge is 0.336 e. The van der Waals surface area contributed by atoms with Gasteiger partial charge in [0, 0.05) is 12.0 Å². The molecule has 1 heterocycles. The predicted octanol–water partition coefficient (Wildman–Crippen LogP) is 4.08. The van der Waals surface area contributed by atoms with Crippen LogP contribution in [-0.2, 0) is 0 Å². The molecule has 1 atom stereocenters. The maximum atomic E-state index is 13.3. The topological polar surface area (TPSA) is 90.2 Å². The van der Waals surface area contributed by atoms with Crippen LogP contribution in [0.15, 0.2) is 84.0 Å². The van der Waals surface area contributed by atoms with Gasteiger partial charge in [-0.2, -0.15) is 5.10 Å². The standard InChI is InChI=1S/C23H18N2O4/c26-21-13-7-6-12-18(21)20-14-19(15-8-2-1-3-9-15)24-25(20)22(27)16-10-4-5-11-17(16)23(28)29/h1-13,20,26H,14H2,(H,28,29). The number of hydrazone groups is 1. The van der Waals surface area contributed by atoms with Crippen molar-refractivity contribution in [2.75, 3.05) is 0 Å². The van der Waals surface area contributed by atoms with Gasteiger partial charge in [0.1, 0.15) is 5.75 Å². The Balaban J connectivity index is 1.80. The molecule has 29 heavy (non-hydrogen) atoms. The second-order valence-corrected chi connectivity index (χ2v) is 6.69. The van der Waals surface area contributed by atoms with E-state index in [1.54, 1.807) is 36.4 Å². The average molecular weight is 386 g/mol. The van der Waals surface area contributed by atoms with Crippen LogP contribution >= 0.6 is 0 Å². The summed E-state index contributed by atoms with van der Waals surface area (Å²) in [6.45, 7) is 0. The van der Waals surface area contributed by atoms with Crippen LogP contribution in [0.5, 0.6) is 5.75 Å². The van der Waals surface area contributed by atoms with Crippen molar-refractivity contribution in [3.8, 4) is 5.75 Å². The van der Waals surface area contributed by atoms with Crippen molar-refractivity contribution in [3.63, 3.8) is 0 Å². The van der Waals surface area contributed by atoms with Crippen LogP contribution in [0.25, 0.3) is 0 Å². The Morgan fingerprint density at radius 2 is 1.48 bits per heavy atom. The molecule has 3 aromatic rings. The summed E-state index contributed by atoms with van der Waals surface area (Å²) >= 11 is 0. The second-order valence-electron chi connectivity index (χ2n) is 6.69. The maximum Gasteiger partial charge on any atom is 0.336 e. The molecule has 0 aliphatic carbocycles. The minimum Gasteiger partial charge on any atom is -0.508 e. The van der Waals surface area contributed by atoms with Crippen LogP contribution < -0.4 is 0 Å². The first-order valence-electron chi connectivity index (χ1n) is 9.13. The van der Waals surface area contributed by atoms with Crippen molar-refractivity contribution in [1.29, 1.82) is 0 Å². The summed E-state index contributed by atoms with van der Waals surface area (Å²) in [5.41, 5.74) is 2.09. The number of benzene rings is 3. The normalized spacial score (nSPS) is 15.8. The van der Waals surface area contributed by atoms with E-state index in [4.69, 9.17) is 0 Å².